The number of benzene rings is 3. The largest absolute Gasteiger partial charge is 0.314 e. The van der Waals surface area contributed by atoms with Gasteiger partial charge in [-0.15, -0.1) is 0 Å². The predicted octanol–water partition coefficient (Wildman–Crippen LogP) is 6.04. The fourth-order valence-corrected chi connectivity index (χ4v) is 4.33. The summed E-state index contributed by atoms with van der Waals surface area (Å²) in [6.45, 7) is 2.51. The number of allylic oxidation sites excluding steroid dienone is 1. The zero-order valence-electron chi connectivity index (χ0n) is 18.1. The highest BCUT2D eigenvalue weighted by Crippen LogP contribution is 2.27. The Kier molecular flexibility index (Phi) is 7.60. The van der Waals surface area contributed by atoms with Crippen LogP contribution in [-0.4, -0.2) is 27.4 Å². The molecule has 4 aromatic rings. The van der Waals surface area contributed by atoms with E-state index in [-0.39, 0.29) is 11.7 Å². The van der Waals surface area contributed by atoms with Crippen molar-refractivity contribution in [3.8, 4) is 0 Å². The summed E-state index contributed by atoms with van der Waals surface area (Å²) in [4.78, 5) is 17.1. The van der Waals surface area contributed by atoms with Gasteiger partial charge in [-0.05, 0) is 41.8 Å². The average molecular weight is 475 g/mol. The SMILES string of the molecule is CC(C=NNC(=O)CSc1nc2ccccc2n1Cc1ccccc1Cl)=Cc1ccccc1. The minimum absolute atomic E-state index is 0.194. The summed E-state index contributed by atoms with van der Waals surface area (Å²) >= 11 is 7.76. The lowest BCUT2D eigenvalue weighted by molar-refractivity contribution is -0.118. The molecule has 0 bridgehead atoms. The molecule has 0 spiro atoms. The van der Waals surface area contributed by atoms with Crippen LogP contribution in [-0.2, 0) is 11.3 Å². The van der Waals surface area contributed by atoms with Gasteiger partial charge in [0.1, 0.15) is 0 Å². The molecule has 5 nitrogen and oxygen atoms in total. The molecular formula is C26H23ClN4OS. The van der Waals surface area contributed by atoms with Crippen molar-refractivity contribution in [2.75, 3.05) is 5.75 Å². The number of aromatic nitrogens is 2. The Morgan fingerprint density at radius 1 is 1.06 bits per heavy atom. The Bertz CT molecular complexity index is 1310. The maximum absolute atomic E-state index is 12.4. The molecule has 0 saturated heterocycles. The van der Waals surface area contributed by atoms with Crippen LogP contribution in [0.3, 0.4) is 0 Å². The number of amides is 1. The molecule has 1 amide bonds. The lowest BCUT2D eigenvalue weighted by Gasteiger charge is -2.10. The van der Waals surface area contributed by atoms with Crippen LogP contribution < -0.4 is 5.43 Å². The first-order valence-corrected chi connectivity index (χ1v) is 11.8. The number of hydrazone groups is 1. The molecule has 7 heteroatoms. The van der Waals surface area contributed by atoms with Crippen LogP contribution in [0.15, 0.2) is 94.7 Å². The molecule has 33 heavy (non-hydrogen) atoms. The molecule has 0 aliphatic rings. The molecule has 0 atom stereocenters. The normalized spacial score (nSPS) is 11.9. The smallest absolute Gasteiger partial charge is 0.250 e. The zero-order chi connectivity index (χ0) is 23.0. The van der Waals surface area contributed by atoms with E-state index in [2.05, 4.69) is 15.1 Å². The third-order valence-electron chi connectivity index (χ3n) is 4.89. The maximum atomic E-state index is 12.4. The molecule has 1 aromatic heterocycles. The Morgan fingerprint density at radius 2 is 1.79 bits per heavy atom. The van der Waals surface area contributed by atoms with Crippen molar-refractivity contribution >= 4 is 52.6 Å². The van der Waals surface area contributed by atoms with E-state index in [9.17, 15) is 4.79 Å². The Hall–Kier alpha value is -3.35. The number of fused-ring (bicyclic) bond motifs is 1. The van der Waals surface area contributed by atoms with E-state index in [1.807, 2.05) is 91.9 Å². The summed E-state index contributed by atoms with van der Waals surface area (Å²) in [5.74, 6) is 0.00470. The average Bonchev–Trinajstić information content (AvgIpc) is 3.17. The molecule has 0 radical (unpaired) electrons. The van der Waals surface area contributed by atoms with Gasteiger partial charge >= 0.3 is 0 Å². The van der Waals surface area contributed by atoms with E-state index in [1.54, 1.807) is 6.21 Å². The molecule has 166 valence electrons. The minimum Gasteiger partial charge on any atom is -0.314 e. The molecule has 0 saturated carbocycles. The van der Waals surface area contributed by atoms with Gasteiger partial charge in [0.2, 0.25) is 0 Å². The van der Waals surface area contributed by atoms with Crippen molar-refractivity contribution in [2.24, 2.45) is 5.10 Å². The fourth-order valence-electron chi connectivity index (χ4n) is 3.33. The second kappa shape index (κ2) is 11.0. The molecule has 0 aliphatic carbocycles. The van der Waals surface area contributed by atoms with Gasteiger partial charge < -0.3 is 4.57 Å². The van der Waals surface area contributed by atoms with E-state index >= 15 is 0 Å². The summed E-state index contributed by atoms with van der Waals surface area (Å²) in [5, 5.41) is 5.54. The number of carbonyl (C=O) groups is 1. The molecule has 4 rings (SSSR count). The maximum Gasteiger partial charge on any atom is 0.250 e. The standard InChI is InChI=1S/C26H23ClN4OS/c1-19(15-20-9-3-2-4-10-20)16-28-30-25(32)18-33-26-29-23-13-7-8-14-24(23)31(26)17-21-11-5-6-12-22(21)27/h2-16H,17-18H2,1H3,(H,30,32). The Labute approximate surface area is 202 Å². The van der Waals surface area contributed by atoms with Crippen LogP contribution >= 0.6 is 23.4 Å². The highest BCUT2D eigenvalue weighted by Gasteiger charge is 2.14. The molecule has 1 heterocycles. The monoisotopic (exact) mass is 474 g/mol. The van der Waals surface area contributed by atoms with Gasteiger partial charge in [0.25, 0.3) is 5.91 Å². The van der Waals surface area contributed by atoms with Gasteiger partial charge in [-0.2, -0.15) is 5.10 Å². The van der Waals surface area contributed by atoms with Crippen molar-refractivity contribution in [3.05, 3.63) is 101 Å². The number of carbonyl (C=O) groups excluding carboxylic acids is 1. The van der Waals surface area contributed by atoms with Gasteiger partial charge in [0, 0.05) is 5.02 Å². The van der Waals surface area contributed by atoms with E-state index in [1.165, 1.54) is 11.8 Å². The predicted molar refractivity (Wildman–Crippen MR) is 138 cm³/mol. The van der Waals surface area contributed by atoms with E-state index < -0.39 is 0 Å². The molecule has 0 unspecified atom stereocenters. The van der Waals surface area contributed by atoms with E-state index in [0.717, 1.165) is 32.9 Å². The highest BCUT2D eigenvalue weighted by atomic mass is 35.5. The number of rotatable bonds is 8. The number of para-hydroxylation sites is 2. The number of halogens is 1. The lowest BCUT2D eigenvalue weighted by Crippen LogP contribution is -2.20. The van der Waals surface area contributed by atoms with Crippen molar-refractivity contribution in [3.63, 3.8) is 0 Å². The van der Waals surface area contributed by atoms with Gasteiger partial charge in [0.15, 0.2) is 5.16 Å². The Morgan fingerprint density at radius 3 is 2.61 bits per heavy atom. The number of hydrogen-bond donors (Lipinski definition) is 1. The van der Waals surface area contributed by atoms with Crippen LogP contribution in [0.4, 0.5) is 0 Å². The lowest BCUT2D eigenvalue weighted by atomic mass is 10.1. The quantitative estimate of drug-likeness (QED) is 0.192. The summed E-state index contributed by atoms with van der Waals surface area (Å²) < 4.78 is 2.09. The highest BCUT2D eigenvalue weighted by molar-refractivity contribution is 7.99. The van der Waals surface area contributed by atoms with Gasteiger partial charge in [-0.3, -0.25) is 4.79 Å². The van der Waals surface area contributed by atoms with Crippen molar-refractivity contribution in [1.82, 2.24) is 15.0 Å². The van der Waals surface area contributed by atoms with Crippen molar-refractivity contribution in [1.29, 1.82) is 0 Å². The van der Waals surface area contributed by atoms with E-state index in [4.69, 9.17) is 16.6 Å². The van der Waals surface area contributed by atoms with Crippen molar-refractivity contribution in [2.45, 2.75) is 18.6 Å². The third kappa shape index (κ3) is 6.12. The number of nitrogens with zero attached hydrogens (tertiary/aromatic N) is 3. The second-order valence-electron chi connectivity index (χ2n) is 7.44. The molecule has 3 aromatic carbocycles. The first-order valence-electron chi connectivity index (χ1n) is 10.5. The van der Waals surface area contributed by atoms with Gasteiger partial charge in [0.05, 0.1) is 29.5 Å². The summed E-state index contributed by atoms with van der Waals surface area (Å²) in [5.41, 5.74) is 7.50. The van der Waals surface area contributed by atoms with Crippen LogP contribution in [0, 0.1) is 0 Å². The topological polar surface area (TPSA) is 59.3 Å². The first-order chi connectivity index (χ1) is 16.1. The van der Waals surface area contributed by atoms with Crippen LogP contribution in [0.5, 0.6) is 0 Å². The van der Waals surface area contributed by atoms with Gasteiger partial charge in [-0.1, -0.05) is 90.1 Å². The number of nitrogens with one attached hydrogen (secondary N) is 1. The van der Waals surface area contributed by atoms with Crippen molar-refractivity contribution < 1.29 is 4.79 Å². The van der Waals surface area contributed by atoms with Crippen LogP contribution in [0.25, 0.3) is 17.1 Å². The molecule has 1 N–H and O–H groups in total. The summed E-state index contributed by atoms with van der Waals surface area (Å²) in [7, 11) is 0. The number of hydrogen-bond acceptors (Lipinski definition) is 4. The van der Waals surface area contributed by atoms with Gasteiger partial charge in [-0.25, -0.2) is 10.4 Å². The molecular weight excluding hydrogens is 452 g/mol. The first kappa shape index (κ1) is 22.8. The van der Waals surface area contributed by atoms with Crippen LogP contribution in [0.1, 0.15) is 18.1 Å². The number of imidazole rings is 1. The van der Waals surface area contributed by atoms with E-state index in [0.29, 0.717) is 11.6 Å². The molecule has 0 fully saturated rings. The summed E-state index contributed by atoms with van der Waals surface area (Å²) in [6.07, 6.45) is 3.64. The van der Waals surface area contributed by atoms with Crippen LogP contribution in [0.2, 0.25) is 5.02 Å². The molecule has 0 aliphatic heterocycles. The third-order valence-corrected chi connectivity index (χ3v) is 6.23. The number of thioether (sulfide) groups is 1. The minimum atomic E-state index is -0.194. The summed E-state index contributed by atoms with van der Waals surface area (Å²) in [6, 6.07) is 25.6. The zero-order valence-corrected chi connectivity index (χ0v) is 19.7. The Balaban J connectivity index is 1.42. The second-order valence-corrected chi connectivity index (χ2v) is 8.79. The fraction of sp³-hybridized carbons (Fsp3) is 0.115.